The van der Waals surface area contributed by atoms with Gasteiger partial charge in [-0.15, -0.1) is 0 Å². The first-order valence-corrected chi connectivity index (χ1v) is 13.2. The van der Waals surface area contributed by atoms with Gasteiger partial charge in [0.05, 0.1) is 46.7 Å². The molecule has 8 nitrogen and oxygen atoms in total. The first kappa shape index (κ1) is 27.0. The average molecular weight is 545 g/mol. The monoisotopic (exact) mass is 544 g/mol. The summed E-state index contributed by atoms with van der Waals surface area (Å²) < 4.78 is 71.1. The maximum Gasteiger partial charge on any atom is 0.270 e. The lowest BCUT2D eigenvalue weighted by Crippen LogP contribution is -2.28. The van der Waals surface area contributed by atoms with Gasteiger partial charge >= 0.3 is 0 Å². The zero-order chi connectivity index (χ0) is 27.8. The van der Waals surface area contributed by atoms with Crippen molar-refractivity contribution < 1.29 is 31.1 Å². The molecule has 0 radical (unpaired) electrons. The van der Waals surface area contributed by atoms with Crippen LogP contribution in [0.4, 0.5) is 13.2 Å². The number of hydrogen-bond donors (Lipinski definition) is 1. The number of sulfone groups is 1. The van der Waals surface area contributed by atoms with Crippen molar-refractivity contribution in [2.24, 2.45) is 0 Å². The molecule has 0 aliphatic rings. The largest absolute Gasteiger partial charge is 0.497 e. The summed E-state index contributed by atoms with van der Waals surface area (Å²) in [6.45, 7) is 2.21. The topological polar surface area (TPSA) is 111 Å². The third-order valence-electron chi connectivity index (χ3n) is 5.73. The van der Waals surface area contributed by atoms with Crippen molar-refractivity contribution in [1.82, 2.24) is 20.3 Å². The van der Waals surface area contributed by atoms with Crippen LogP contribution < -0.4 is 10.1 Å². The molecule has 1 atom stereocenters. The molecular weight excluding hydrogens is 521 g/mol. The van der Waals surface area contributed by atoms with Crippen LogP contribution in [0.5, 0.6) is 5.75 Å². The lowest BCUT2D eigenvalue weighted by molar-refractivity contribution is 0.0172. The van der Waals surface area contributed by atoms with E-state index in [1.807, 2.05) is 0 Å². The van der Waals surface area contributed by atoms with Crippen molar-refractivity contribution in [2.75, 3.05) is 13.4 Å². The van der Waals surface area contributed by atoms with Gasteiger partial charge in [0.15, 0.2) is 9.84 Å². The molecule has 2 aromatic carbocycles. The Hall–Kier alpha value is -4.06. The molecule has 4 aromatic rings. The fourth-order valence-electron chi connectivity index (χ4n) is 3.73. The molecule has 0 saturated carbocycles. The first-order valence-electron chi connectivity index (χ1n) is 11.3. The smallest absolute Gasteiger partial charge is 0.270 e. The number of nitrogens with one attached hydrogen (secondary N) is 1. The molecule has 2 aromatic heterocycles. The van der Waals surface area contributed by atoms with Gasteiger partial charge in [0.25, 0.3) is 11.8 Å². The lowest BCUT2D eigenvalue weighted by Gasteiger charge is -2.19. The first-order chi connectivity index (χ1) is 17.8. The zero-order valence-corrected chi connectivity index (χ0v) is 21.6. The number of alkyl halides is 2. The molecule has 0 saturated heterocycles. The highest BCUT2D eigenvalue weighted by Crippen LogP contribution is 2.31. The van der Waals surface area contributed by atoms with E-state index >= 15 is 0 Å². The molecule has 12 heteroatoms. The van der Waals surface area contributed by atoms with Gasteiger partial charge < -0.3 is 10.1 Å². The van der Waals surface area contributed by atoms with Crippen LogP contribution in [0.15, 0.2) is 59.6 Å². The summed E-state index contributed by atoms with van der Waals surface area (Å²) in [6, 6.07) is 9.61. The third kappa shape index (κ3) is 5.75. The van der Waals surface area contributed by atoms with Crippen molar-refractivity contribution in [3.63, 3.8) is 0 Å². The second-order valence-corrected chi connectivity index (χ2v) is 10.8. The number of hydrogen-bond acceptors (Lipinski definition) is 7. The number of methoxy groups -OCH3 is 1. The number of ether oxygens (including phenoxy) is 1. The average Bonchev–Trinajstić information content (AvgIpc) is 2.86. The molecule has 0 fully saturated rings. The summed E-state index contributed by atoms with van der Waals surface area (Å²) in [5, 5.41) is 2.67. The van der Waals surface area contributed by atoms with Crippen LogP contribution in [0.3, 0.4) is 0 Å². The summed E-state index contributed by atoms with van der Waals surface area (Å²) >= 11 is 0. The Kier molecular flexibility index (Phi) is 7.11. The quantitative estimate of drug-likeness (QED) is 0.354. The van der Waals surface area contributed by atoms with Crippen LogP contribution in [-0.2, 0) is 15.8 Å². The Bertz CT molecular complexity index is 1640. The minimum Gasteiger partial charge on any atom is -0.497 e. The van der Waals surface area contributed by atoms with Gasteiger partial charge in [-0.1, -0.05) is 0 Å². The minimum atomic E-state index is -3.88. The fourth-order valence-corrected chi connectivity index (χ4v) is 4.41. The fraction of sp³-hybridized carbons (Fsp3) is 0.231. The molecule has 1 amide bonds. The summed E-state index contributed by atoms with van der Waals surface area (Å²) in [7, 11) is -2.38. The van der Waals surface area contributed by atoms with E-state index in [0.717, 1.165) is 30.7 Å². The van der Waals surface area contributed by atoms with E-state index in [0.29, 0.717) is 23.7 Å². The number of benzene rings is 2. The van der Waals surface area contributed by atoms with Crippen molar-refractivity contribution in [3.8, 4) is 17.1 Å². The lowest BCUT2D eigenvalue weighted by atomic mass is 10.0. The number of carbonyl (C=O) groups excluding carboxylic acids is 1. The van der Waals surface area contributed by atoms with Crippen LogP contribution in [0.1, 0.15) is 41.5 Å². The molecule has 2 heterocycles. The second-order valence-electron chi connectivity index (χ2n) is 8.78. The number of amides is 1. The van der Waals surface area contributed by atoms with Gasteiger partial charge in [-0.25, -0.2) is 31.6 Å². The highest BCUT2D eigenvalue weighted by atomic mass is 32.2. The number of halogens is 3. The molecule has 38 heavy (non-hydrogen) atoms. The van der Waals surface area contributed by atoms with Gasteiger partial charge in [-0.05, 0) is 49.4 Å². The number of rotatable bonds is 7. The van der Waals surface area contributed by atoms with Gasteiger partial charge in [0.1, 0.15) is 17.3 Å². The van der Waals surface area contributed by atoms with E-state index in [-0.39, 0.29) is 22.6 Å². The molecule has 1 N–H and O–H groups in total. The van der Waals surface area contributed by atoms with Crippen LogP contribution in [0.2, 0.25) is 0 Å². The summed E-state index contributed by atoms with van der Waals surface area (Å²) in [6.07, 6.45) is 1.88. The predicted molar refractivity (Wildman–Crippen MR) is 134 cm³/mol. The summed E-state index contributed by atoms with van der Waals surface area (Å²) in [4.78, 5) is 26.1. The van der Waals surface area contributed by atoms with Gasteiger partial charge in [-0.2, -0.15) is 0 Å². The molecule has 0 aliphatic carbocycles. The summed E-state index contributed by atoms with van der Waals surface area (Å²) in [5.41, 5.74) is 0.861. The van der Waals surface area contributed by atoms with Gasteiger partial charge in [0.2, 0.25) is 0 Å². The molecular formula is C26H23F3N4O4S. The highest BCUT2D eigenvalue weighted by Gasteiger charge is 2.28. The molecule has 0 spiro atoms. The predicted octanol–water partition coefficient (Wildman–Crippen LogP) is 4.85. The van der Waals surface area contributed by atoms with Gasteiger partial charge in [0, 0.05) is 30.4 Å². The van der Waals surface area contributed by atoms with E-state index in [2.05, 4.69) is 20.3 Å². The SMILES string of the molecule is COc1ccc2nc([C@H](C)NC(=O)c3cc(C(C)(F)F)cc(S(C)(=O)=O)c3)c(-c3ccc(F)cn3)nc2c1. The Morgan fingerprint density at radius 1 is 1.05 bits per heavy atom. The number of pyridine rings is 1. The second kappa shape index (κ2) is 10.0. The molecule has 198 valence electrons. The summed E-state index contributed by atoms with van der Waals surface area (Å²) in [5.74, 6) is -4.20. The maximum atomic E-state index is 14.1. The van der Waals surface area contributed by atoms with E-state index in [1.165, 1.54) is 19.2 Å². The van der Waals surface area contributed by atoms with Crippen LogP contribution in [-0.4, -0.2) is 42.6 Å². The Balaban J connectivity index is 1.78. The van der Waals surface area contributed by atoms with Crippen molar-refractivity contribution in [2.45, 2.75) is 30.7 Å². The molecule has 4 rings (SSSR count). The van der Waals surface area contributed by atoms with Crippen molar-refractivity contribution in [3.05, 3.63) is 77.4 Å². The zero-order valence-electron chi connectivity index (χ0n) is 20.8. The van der Waals surface area contributed by atoms with Crippen LogP contribution >= 0.6 is 0 Å². The molecule has 0 bridgehead atoms. The van der Waals surface area contributed by atoms with Crippen molar-refractivity contribution in [1.29, 1.82) is 0 Å². The minimum absolute atomic E-state index is 0.254. The molecule has 0 unspecified atom stereocenters. The van der Waals surface area contributed by atoms with Crippen molar-refractivity contribution >= 4 is 26.8 Å². The Labute approximate surface area is 216 Å². The Morgan fingerprint density at radius 2 is 1.79 bits per heavy atom. The number of fused-ring (bicyclic) bond motifs is 1. The van der Waals surface area contributed by atoms with Crippen LogP contribution in [0.25, 0.3) is 22.4 Å². The van der Waals surface area contributed by atoms with E-state index < -0.39 is 44.0 Å². The normalized spacial score (nSPS) is 12.8. The number of nitrogens with zero attached hydrogens (tertiary/aromatic N) is 3. The maximum absolute atomic E-state index is 14.1. The van der Waals surface area contributed by atoms with E-state index in [9.17, 15) is 26.4 Å². The highest BCUT2D eigenvalue weighted by molar-refractivity contribution is 7.90. The number of carbonyl (C=O) groups is 1. The Morgan fingerprint density at radius 3 is 2.39 bits per heavy atom. The number of aromatic nitrogens is 3. The van der Waals surface area contributed by atoms with Crippen LogP contribution in [0, 0.1) is 5.82 Å². The van der Waals surface area contributed by atoms with E-state index in [1.54, 1.807) is 25.1 Å². The molecule has 0 aliphatic heterocycles. The van der Waals surface area contributed by atoms with E-state index in [4.69, 9.17) is 4.74 Å². The third-order valence-corrected chi connectivity index (χ3v) is 6.82. The van der Waals surface area contributed by atoms with Gasteiger partial charge in [-0.3, -0.25) is 9.78 Å². The standard InChI is InChI=1S/C26H23F3N4O4S/c1-14(31-25(34)15-9-16(26(2,28)29)11-19(10-15)38(4,35)36)23-24(21-7-5-17(27)13-30-21)33-22-12-18(37-3)6-8-20(22)32-23/h5-14H,1-4H3,(H,31,34)/t14-/m0/s1.